The molecule has 2 heterocycles. The van der Waals surface area contributed by atoms with Crippen molar-refractivity contribution in [3.05, 3.63) is 46.1 Å². The van der Waals surface area contributed by atoms with Crippen LogP contribution >= 0.6 is 22.9 Å². The molecule has 0 fully saturated rings. The molecule has 0 unspecified atom stereocenters. The topological polar surface area (TPSA) is 55.1 Å². The molecule has 0 atom stereocenters. The molecule has 0 saturated heterocycles. The normalized spacial score (nSPS) is 11.5. The van der Waals surface area contributed by atoms with E-state index in [4.69, 9.17) is 16.7 Å². The SMILES string of the molecule is CC(C)Cc1cn(-c2nc(C(=O)O)cs2)c2cc(Cl)ccc12. The van der Waals surface area contributed by atoms with Crippen LogP contribution in [0.25, 0.3) is 16.0 Å². The Morgan fingerprint density at radius 3 is 2.86 bits per heavy atom. The van der Waals surface area contributed by atoms with E-state index in [-0.39, 0.29) is 5.69 Å². The average molecular weight is 335 g/mol. The molecule has 0 bridgehead atoms. The summed E-state index contributed by atoms with van der Waals surface area (Å²) >= 11 is 7.44. The summed E-state index contributed by atoms with van der Waals surface area (Å²) in [4.78, 5) is 15.2. The summed E-state index contributed by atoms with van der Waals surface area (Å²) in [6, 6.07) is 5.78. The van der Waals surface area contributed by atoms with E-state index in [1.54, 1.807) is 5.38 Å². The fourth-order valence-electron chi connectivity index (χ4n) is 2.50. The quantitative estimate of drug-likeness (QED) is 0.756. The Kier molecular flexibility index (Phi) is 3.93. The Balaban J connectivity index is 2.19. The summed E-state index contributed by atoms with van der Waals surface area (Å²) in [5.41, 5.74) is 2.23. The Labute approximate surface area is 137 Å². The van der Waals surface area contributed by atoms with Gasteiger partial charge in [-0.2, -0.15) is 0 Å². The van der Waals surface area contributed by atoms with Gasteiger partial charge in [-0.3, -0.25) is 4.57 Å². The average Bonchev–Trinajstić information content (AvgIpc) is 3.03. The number of carbonyl (C=O) groups is 1. The van der Waals surface area contributed by atoms with Gasteiger partial charge in [0.25, 0.3) is 0 Å². The third-order valence-corrected chi connectivity index (χ3v) is 4.47. The van der Waals surface area contributed by atoms with Crippen LogP contribution in [-0.4, -0.2) is 20.6 Å². The lowest BCUT2D eigenvalue weighted by atomic mass is 10.0. The highest BCUT2D eigenvalue weighted by molar-refractivity contribution is 7.12. The van der Waals surface area contributed by atoms with Crippen molar-refractivity contribution in [2.45, 2.75) is 20.3 Å². The summed E-state index contributed by atoms with van der Waals surface area (Å²) in [5.74, 6) is -0.486. The van der Waals surface area contributed by atoms with Gasteiger partial charge in [-0.25, -0.2) is 9.78 Å². The van der Waals surface area contributed by atoms with Crippen molar-refractivity contribution in [3.63, 3.8) is 0 Å². The Hall–Kier alpha value is -1.85. The molecule has 2 aromatic heterocycles. The molecule has 0 aliphatic carbocycles. The highest BCUT2D eigenvalue weighted by Crippen LogP contribution is 2.30. The first kappa shape index (κ1) is 15.1. The number of carboxylic acids is 1. The first-order chi connectivity index (χ1) is 10.5. The maximum atomic E-state index is 11.0. The summed E-state index contributed by atoms with van der Waals surface area (Å²) in [6.45, 7) is 4.34. The first-order valence-corrected chi connectivity index (χ1v) is 8.20. The minimum Gasteiger partial charge on any atom is -0.476 e. The fraction of sp³-hybridized carbons (Fsp3) is 0.250. The van der Waals surface area contributed by atoms with Crippen molar-refractivity contribution < 1.29 is 9.90 Å². The van der Waals surface area contributed by atoms with Gasteiger partial charge in [-0.15, -0.1) is 11.3 Å². The van der Waals surface area contributed by atoms with Crippen molar-refractivity contribution in [2.24, 2.45) is 5.92 Å². The fourth-order valence-corrected chi connectivity index (χ4v) is 3.46. The van der Waals surface area contributed by atoms with Gasteiger partial charge in [0.2, 0.25) is 0 Å². The molecule has 1 aromatic carbocycles. The van der Waals surface area contributed by atoms with Gasteiger partial charge in [0, 0.05) is 22.0 Å². The van der Waals surface area contributed by atoms with E-state index in [0.717, 1.165) is 17.3 Å². The lowest BCUT2D eigenvalue weighted by Gasteiger charge is -2.02. The van der Waals surface area contributed by atoms with Crippen LogP contribution in [0.4, 0.5) is 0 Å². The second-order valence-electron chi connectivity index (χ2n) is 5.60. The second kappa shape index (κ2) is 5.74. The van der Waals surface area contributed by atoms with E-state index in [1.165, 1.54) is 16.9 Å². The zero-order chi connectivity index (χ0) is 15.9. The maximum absolute atomic E-state index is 11.0. The molecule has 0 aliphatic rings. The second-order valence-corrected chi connectivity index (χ2v) is 6.88. The van der Waals surface area contributed by atoms with Gasteiger partial charge in [-0.1, -0.05) is 31.5 Å². The van der Waals surface area contributed by atoms with E-state index in [2.05, 4.69) is 18.8 Å². The number of thiazole rings is 1. The number of nitrogens with zero attached hydrogens (tertiary/aromatic N) is 2. The molecule has 0 saturated carbocycles. The maximum Gasteiger partial charge on any atom is 0.355 e. The van der Waals surface area contributed by atoms with Gasteiger partial charge in [0.15, 0.2) is 10.8 Å². The van der Waals surface area contributed by atoms with Crippen molar-refractivity contribution in [1.82, 2.24) is 9.55 Å². The predicted octanol–water partition coefficient (Wildman–Crippen LogP) is 4.64. The van der Waals surface area contributed by atoms with Crippen LogP contribution < -0.4 is 0 Å². The van der Waals surface area contributed by atoms with Crippen LogP contribution in [-0.2, 0) is 6.42 Å². The molecule has 3 rings (SSSR count). The number of rotatable bonds is 4. The molecule has 0 amide bonds. The standard InChI is InChI=1S/C16H15ClN2O2S/c1-9(2)5-10-7-19(14-6-11(17)3-4-12(10)14)16-18-13(8-22-16)15(20)21/h3-4,6-9H,5H2,1-2H3,(H,20,21). The molecule has 1 N–H and O–H groups in total. The number of hydrogen-bond donors (Lipinski definition) is 1. The lowest BCUT2D eigenvalue weighted by molar-refractivity contribution is 0.0691. The summed E-state index contributed by atoms with van der Waals surface area (Å²) < 4.78 is 1.93. The highest BCUT2D eigenvalue weighted by Gasteiger charge is 2.15. The molecule has 114 valence electrons. The van der Waals surface area contributed by atoms with Crippen LogP contribution in [0.3, 0.4) is 0 Å². The molecular weight excluding hydrogens is 320 g/mol. The highest BCUT2D eigenvalue weighted by atomic mass is 35.5. The molecule has 3 aromatic rings. The molecular formula is C16H15ClN2O2S. The van der Waals surface area contributed by atoms with Crippen LogP contribution in [0.15, 0.2) is 29.8 Å². The molecule has 22 heavy (non-hydrogen) atoms. The monoisotopic (exact) mass is 334 g/mol. The Bertz CT molecular complexity index is 851. The molecule has 4 nitrogen and oxygen atoms in total. The summed E-state index contributed by atoms with van der Waals surface area (Å²) in [5, 5.41) is 13.0. The van der Waals surface area contributed by atoms with E-state index in [1.807, 2.05) is 29.0 Å². The molecule has 6 heteroatoms. The number of benzene rings is 1. The smallest absolute Gasteiger partial charge is 0.355 e. The third-order valence-electron chi connectivity index (χ3n) is 3.40. The van der Waals surface area contributed by atoms with Crippen LogP contribution in [0.2, 0.25) is 5.02 Å². The van der Waals surface area contributed by atoms with Crippen LogP contribution in [0, 0.1) is 5.92 Å². The zero-order valence-corrected chi connectivity index (χ0v) is 13.8. The summed E-state index contributed by atoms with van der Waals surface area (Å²) in [7, 11) is 0. The van der Waals surface area contributed by atoms with Gasteiger partial charge in [0.05, 0.1) is 5.52 Å². The minimum atomic E-state index is -1.01. The lowest BCUT2D eigenvalue weighted by Crippen LogP contribution is -1.98. The van der Waals surface area contributed by atoms with Gasteiger partial charge < -0.3 is 5.11 Å². The van der Waals surface area contributed by atoms with E-state index in [9.17, 15) is 4.79 Å². The van der Waals surface area contributed by atoms with Gasteiger partial charge >= 0.3 is 5.97 Å². The van der Waals surface area contributed by atoms with Crippen molar-refractivity contribution in [3.8, 4) is 5.13 Å². The van der Waals surface area contributed by atoms with Crippen LogP contribution in [0.5, 0.6) is 0 Å². The van der Waals surface area contributed by atoms with E-state index in [0.29, 0.717) is 16.1 Å². The Morgan fingerprint density at radius 1 is 1.45 bits per heavy atom. The Morgan fingerprint density at radius 2 is 2.23 bits per heavy atom. The van der Waals surface area contributed by atoms with Gasteiger partial charge in [-0.05, 0) is 30.0 Å². The number of carboxylic acid groups (broad SMARTS) is 1. The minimum absolute atomic E-state index is 0.0642. The van der Waals surface area contributed by atoms with E-state index >= 15 is 0 Å². The zero-order valence-electron chi connectivity index (χ0n) is 12.2. The van der Waals surface area contributed by atoms with Crippen molar-refractivity contribution in [1.29, 1.82) is 0 Å². The largest absolute Gasteiger partial charge is 0.476 e. The first-order valence-electron chi connectivity index (χ1n) is 6.94. The molecule has 0 radical (unpaired) electrons. The molecule has 0 aliphatic heterocycles. The number of fused-ring (bicyclic) bond motifs is 1. The third kappa shape index (κ3) is 2.74. The van der Waals surface area contributed by atoms with Crippen molar-refractivity contribution in [2.75, 3.05) is 0 Å². The summed E-state index contributed by atoms with van der Waals surface area (Å²) in [6.07, 6.45) is 2.98. The molecule has 0 spiro atoms. The van der Waals surface area contributed by atoms with Gasteiger partial charge in [0.1, 0.15) is 0 Å². The number of aromatic nitrogens is 2. The number of hydrogen-bond acceptors (Lipinski definition) is 3. The van der Waals surface area contributed by atoms with Crippen LogP contribution in [0.1, 0.15) is 29.9 Å². The van der Waals surface area contributed by atoms with E-state index < -0.39 is 5.97 Å². The van der Waals surface area contributed by atoms with Crippen molar-refractivity contribution >= 4 is 39.8 Å². The number of aromatic carboxylic acids is 1. The predicted molar refractivity (Wildman–Crippen MR) is 89.5 cm³/mol. The number of halogens is 1.